The van der Waals surface area contributed by atoms with Crippen LogP contribution in [-0.2, 0) is 14.3 Å². The molecule has 0 aliphatic carbocycles. The second-order valence-electron chi connectivity index (χ2n) is 10.6. The molecule has 0 aliphatic rings. The van der Waals surface area contributed by atoms with E-state index in [1.54, 1.807) is 0 Å². The van der Waals surface area contributed by atoms with Gasteiger partial charge >= 0.3 is 11.9 Å². The number of carboxylic acid groups (broad SMARTS) is 1. The Bertz CT molecular complexity index is 729. The highest BCUT2D eigenvalue weighted by atomic mass is 16.5. The van der Waals surface area contributed by atoms with Gasteiger partial charge in [-0.3, -0.25) is 9.59 Å². The number of aliphatic carboxylic acids is 1. The van der Waals surface area contributed by atoms with E-state index in [0.29, 0.717) is 6.42 Å². The Morgan fingerprint density at radius 1 is 0.600 bits per heavy atom. The molecule has 1 unspecified atom stereocenters. The van der Waals surface area contributed by atoms with Gasteiger partial charge in [-0.05, 0) is 76.7 Å². The second-order valence-corrected chi connectivity index (χ2v) is 10.6. The van der Waals surface area contributed by atoms with E-state index >= 15 is 0 Å². The number of hydrogen-bond donors (Lipinski definition) is 1. The molecular formula is C36H60O4. The maximum atomic E-state index is 12.5. The van der Waals surface area contributed by atoms with Crippen molar-refractivity contribution in [3.8, 4) is 0 Å². The summed E-state index contributed by atoms with van der Waals surface area (Å²) in [6.07, 6.45) is 42.4. The van der Waals surface area contributed by atoms with Crippen molar-refractivity contribution in [2.45, 2.75) is 155 Å². The number of hydrogen-bond acceptors (Lipinski definition) is 3. The third-order valence-electron chi connectivity index (χ3n) is 6.69. The van der Waals surface area contributed by atoms with Crippen LogP contribution in [0.15, 0.2) is 60.8 Å². The van der Waals surface area contributed by atoms with Crippen molar-refractivity contribution in [3.63, 3.8) is 0 Å². The molecule has 0 heterocycles. The minimum atomic E-state index is -0.710. The number of ether oxygens (including phenoxy) is 1. The van der Waals surface area contributed by atoms with Gasteiger partial charge in [0.1, 0.15) is 6.10 Å². The van der Waals surface area contributed by atoms with Crippen molar-refractivity contribution in [1.29, 1.82) is 0 Å². The Hall–Kier alpha value is -2.36. The molecule has 0 aromatic carbocycles. The van der Waals surface area contributed by atoms with Crippen LogP contribution in [0.25, 0.3) is 0 Å². The number of esters is 1. The summed E-state index contributed by atoms with van der Waals surface area (Å²) in [5.41, 5.74) is 0. The molecule has 40 heavy (non-hydrogen) atoms. The van der Waals surface area contributed by atoms with E-state index < -0.39 is 5.97 Å². The average molecular weight is 557 g/mol. The molecule has 0 saturated carbocycles. The van der Waals surface area contributed by atoms with E-state index in [-0.39, 0.29) is 18.5 Å². The van der Waals surface area contributed by atoms with Crippen molar-refractivity contribution in [1.82, 2.24) is 0 Å². The van der Waals surface area contributed by atoms with E-state index in [9.17, 15) is 9.59 Å². The number of allylic oxidation sites excluding steroid dienone is 9. The first-order valence-corrected chi connectivity index (χ1v) is 16.3. The van der Waals surface area contributed by atoms with Crippen LogP contribution in [0.1, 0.15) is 149 Å². The maximum absolute atomic E-state index is 12.5. The van der Waals surface area contributed by atoms with Crippen molar-refractivity contribution in [2.24, 2.45) is 0 Å². The Morgan fingerprint density at radius 3 is 1.77 bits per heavy atom. The zero-order valence-electron chi connectivity index (χ0n) is 25.9. The van der Waals surface area contributed by atoms with Crippen LogP contribution in [0.5, 0.6) is 0 Å². The van der Waals surface area contributed by atoms with Gasteiger partial charge in [-0.25, -0.2) is 0 Å². The lowest BCUT2D eigenvalue weighted by atomic mass is 10.1. The number of rotatable bonds is 28. The van der Waals surface area contributed by atoms with Crippen LogP contribution in [0.2, 0.25) is 0 Å². The molecule has 0 aliphatic heterocycles. The molecule has 0 bridgehead atoms. The maximum Gasteiger partial charge on any atom is 0.306 e. The van der Waals surface area contributed by atoms with Gasteiger partial charge in [-0.1, -0.05) is 120 Å². The molecular weight excluding hydrogens is 496 g/mol. The molecule has 4 heteroatoms. The highest BCUT2D eigenvalue weighted by Gasteiger charge is 2.11. The third-order valence-corrected chi connectivity index (χ3v) is 6.69. The van der Waals surface area contributed by atoms with E-state index in [4.69, 9.17) is 9.84 Å². The molecule has 4 nitrogen and oxygen atoms in total. The van der Waals surface area contributed by atoms with Crippen LogP contribution >= 0.6 is 0 Å². The topological polar surface area (TPSA) is 63.6 Å². The number of unbranched alkanes of at least 4 members (excludes halogenated alkanes) is 11. The monoisotopic (exact) mass is 556 g/mol. The zero-order valence-corrected chi connectivity index (χ0v) is 25.9. The van der Waals surface area contributed by atoms with Gasteiger partial charge in [0, 0.05) is 12.8 Å². The summed E-state index contributed by atoms with van der Waals surface area (Å²) in [7, 11) is 0. The van der Waals surface area contributed by atoms with Crippen LogP contribution in [-0.4, -0.2) is 23.1 Å². The second kappa shape index (κ2) is 31.2. The fraction of sp³-hybridized carbons (Fsp3) is 0.667. The molecule has 0 radical (unpaired) electrons. The summed E-state index contributed by atoms with van der Waals surface area (Å²) >= 11 is 0. The summed E-state index contributed by atoms with van der Waals surface area (Å²) < 4.78 is 5.85. The van der Waals surface area contributed by atoms with Crippen LogP contribution < -0.4 is 0 Å². The molecule has 0 spiro atoms. The molecule has 1 N–H and O–H groups in total. The van der Waals surface area contributed by atoms with E-state index in [2.05, 4.69) is 74.6 Å². The molecule has 1 atom stereocenters. The first-order valence-electron chi connectivity index (χ1n) is 16.3. The van der Waals surface area contributed by atoms with Crippen molar-refractivity contribution in [2.75, 3.05) is 0 Å². The van der Waals surface area contributed by atoms with E-state index in [1.165, 1.54) is 32.1 Å². The minimum absolute atomic E-state index is 0.0809. The molecule has 0 aromatic heterocycles. The Kier molecular flexibility index (Phi) is 29.3. The Morgan fingerprint density at radius 2 is 1.12 bits per heavy atom. The summed E-state index contributed by atoms with van der Waals surface area (Å²) in [6.45, 7) is 4.34. The SMILES string of the molecule is CC/C=C\C/C=C\C/C=C\C(CCCCCCCCC(=O)O)OC(=O)CCCCCCC/C=C\C/C=C\CCC. The lowest BCUT2D eigenvalue weighted by molar-refractivity contribution is -0.147. The Balaban J connectivity index is 4.21. The van der Waals surface area contributed by atoms with Crippen molar-refractivity contribution < 1.29 is 19.4 Å². The number of carbonyl (C=O) groups excluding carboxylic acids is 1. The number of carbonyl (C=O) groups is 2. The minimum Gasteiger partial charge on any atom is -0.481 e. The highest BCUT2D eigenvalue weighted by Crippen LogP contribution is 2.15. The first-order chi connectivity index (χ1) is 19.6. The molecule has 228 valence electrons. The first kappa shape index (κ1) is 37.6. The molecule has 0 fully saturated rings. The quantitative estimate of drug-likeness (QED) is 0.0591. The van der Waals surface area contributed by atoms with E-state index in [1.807, 2.05) is 0 Å². The summed E-state index contributed by atoms with van der Waals surface area (Å²) in [6, 6.07) is 0. The largest absolute Gasteiger partial charge is 0.481 e. The van der Waals surface area contributed by atoms with Gasteiger partial charge in [0.05, 0.1) is 0 Å². The van der Waals surface area contributed by atoms with Crippen LogP contribution in [0.4, 0.5) is 0 Å². The fourth-order valence-corrected chi connectivity index (χ4v) is 4.33. The van der Waals surface area contributed by atoms with E-state index in [0.717, 1.165) is 89.9 Å². The molecule has 0 saturated heterocycles. The number of carboxylic acids is 1. The fourth-order valence-electron chi connectivity index (χ4n) is 4.33. The smallest absolute Gasteiger partial charge is 0.306 e. The highest BCUT2D eigenvalue weighted by molar-refractivity contribution is 5.69. The normalized spacial score (nSPS) is 13.1. The standard InChI is InChI=1S/C36H60O4/c1-3-5-7-9-11-13-14-15-16-17-19-25-29-33-36(39)40-34(30-26-22-18-12-10-8-6-4-2)31-27-23-20-21-24-28-32-35(37)38/h6-9,12-14,18,26,30,34H,3-5,10-11,15-17,19-25,27-29,31-33H2,1-2H3,(H,37,38)/b8-6-,9-7-,14-13-,18-12-,30-26-. The van der Waals surface area contributed by atoms with Gasteiger partial charge < -0.3 is 9.84 Å². The van der Waals surface area contributed by atoms with Gasteiger partial charge in [-0.15, -0.1) is 0 Å². The average Bonchev–Trinajstić information content (AvgIpc) is 2.93. The van der Waals surface area contributed by atoms with Gasteiger partial charge in [0.25, 0.3) is 0 Å². The van der Waals surface area contributed by atoms with Gasteiger partial charge in [0.2, 0.25) is 0 Å². The molecule has 0 amide bonds. The Labute approximate surface area is 246 Å². The summed E-state index contributed by atoms with van der Waals surface area (Å²) in [4.78, 5) is 23.1. The van der Waals surface area contributed by atoms with Crippen molar-refractivity contribution >= 4 is 11.9 Å². The molecule has 0 rings (SSSR count). The summed E-state index contributed by atoms with van der Waals surface area (Å²) in [5.74, 6) is -0.791. The van der Waals surface area contributed by atoms with Crippen LogP contribution in [0.3, 0.4) is 0 Å². The predicted octanol–water partition coefficient (Wildman–Crippen LogP) is 11.0. The van der Waals surface area contributed by atoms with Crippen molar-refractivity contribution in [3.05, 3.63) is 60.8 Å². The third kappa shape index (κ3) is 30.2. The zero-order chi connectivity index (χ0) is 29.4. The molecule has 0 aromatic rings. The lowest BCUT2D eigenvalue weighted by Gasteiger charge is -2.14. The van der Waals surface area contributed by atoms with Crippen LogP contribution in [0, 0.1) is 0 Å². The predicted molar refractivity (Wildman–Crippen MR) is 172 cm³/mol. The summed E-state index contributed by atoms with van der Waals surface area (Å²) in [5, 5.41) is 8.74. The lowest BCUT2D eigenvalue weighted by Crippen LogP contribution is -2.16. The van der Waals surface area contributed by atoms with Gasteiger partial charge in [0.15, 0.2) is 0 Å². The van der Waals surface area contributed by atoms with Gasteiger partial charge in [-0.2, -0.15) is 0 Å².